The number of rotatable bonds is 6. The first-order chi connectivity index (χ1) is 14.0. The van der Waals surface area contributed by atoms with Crippen LogP contribution in [0.1, 0.15) is 18.9 Å². The monoisotopic (exact) mass is 439 g/mol. The SMILES string of the molecule is COc1ccc([C@]2(C)NC(=O)N(CC(=O)N(C)[C@H]3CCS(=O)(=O)C3)C2=O)cc1OC. The van der Waals surface area contributed by atoms with Crippen molar-refractivity contribution in [2.45, 2.75) is 24.9 Å². The predicted octanol–water partition coefficient (Wildman–Crippen LogP) is 0.116. The highest BCUT2D eigenvalue weighted by Crippen LogP contribution is 2.35. The molecule has 2 atom stereocenters. The molecule has 0 spiro atoms. The number of carbonyl (C=O) groups excluding carboxylic acids is 3. The third-order valence-corrected chi connectivity index (χ3v) is 7.43. The fraction of sp³-hybridized carbons (Fsp3) is 0.526. The molecule has 0 bridgehead atoms. The van der Waals surface area contributed by atoms with Crippen molar-refractivity contribution >= 4 is 27.7 Å². The first-order valence-electron chi connectivity index (χ1n) is 9.35. The Hall–Kier alpha value is -2.82. The Balaban J connectivity index is 1.78. The van der Waals surface area contributed by atoms with Crippen LogP contribution in [0.4, 0.5) is 4.79 Å². The average Bonchev–Trinajstić information content (AvgIpc) is 3.18. The van der Waals surface area contributed by atoms with E-state index in [4.69, 9.17) is 9.47 Å². The van der Waals surface area contributed by atoms with Crippen LogP contribution in [0.25, 0.3) is 0 Å². The minimum Gasteiger partial charge on any atom is -0.493 e. The zero-order valence-corrected chi connectivity index (χ0v) is 18.1. The minimum atomic E-state index is -3.17. The summed E-state index contributed by atoms with van der Waals surface area (Å²) >= 11 is 0. The lowest BCUT2D eigenvalue weighted by molar-refractivity contribution is -0.139. The summed E-state index contributed by atoms with van der Waals surface area (Å²) in [5.41, 5.74) is -0.907. The highest BCUT2D eigenvalue weighted by Gasteiger charge is 2.50. The van der Waals surface area contributed by atoms with Gasteiger partial charge in [0.25, 0.3) is 5.91 Å². The molecule has 3 rings (SSSR count). The van der Waals surface area contributed by atoms with E-state index in [9.17, 15) is 22.8 Å². The molecule has 164 valence electrons. The van der Waals surface area contributed by atoms with Gasteiger partial charge < -0.3 is 19.7 Å². The van der Waals surface area contributed by atoms with Gasteiger partial charge in [-0.05, 0) is 31.0 Å². The molecular formula is C19H25N3O7S. The average molecular weight is 439 g/mol. The van der Waals surface area contributed by atoms with E-state index in [1.54, 1.807) is 25.1 Å². The largest absolute Gasteiger partial charge is 0.493 e. The summed E-state index contributed by atoms with van der Waals surface area (Å²) in [5.74, 6) is -0.302. The van der Waals surface area contributed by atoms with E-state index < -0.39 is 45.8 Å². The predicted molar refractivity (Wildman–Crippen MR) is 107 cm³/mol. The molecule has 2 heterocycles. The highest BCUT2D eigenvalue weighted by molar-refractivity contribution is 7.91. The van der Waals surface area contributed by atoms with Gasteiger partial charge in [-0.1, -0.05) is 6.07 Å². The minimum absolute atomic E-state index is 0.0236. The van der Waals surface area contributed by atoms with E-state index in [1.165, 1.54) is 26.2 Å². The molecule has 0 aromatic heterocycles. The molecule has 0 aliphatic carbocycles. The van der Waals surface area contributed by atoms with Gasteiger partial charge in [0.15, 0.2) is 21.3 Å². The maximum Gasteiger partial charge on any atom is 0.325 e. The molecule has 2 aliphatic heterocycles. The molecule has 11 heteroatoms. The van der Waals surface area contributed by atoms with Crippen molar-refractivity contribution in [3.05, 3.63) is 23.8 Å². The molecule has 4 amide bonds. The van der Waals surface area contributed by atoms with Crippen LogP contribution in [0.3, 0.4) is 0 Å². The molecule has 0 saturated carbocycles. The van der Waals surface area contributed by atoms with E-state index in [-0.39, 0.29) is 11.5 Å². The topological polar surface area (TPSA) is 122 Å². The number of imide groups is 1. The molecule has 10 nitrogen and oxygen atoms in total. The van der Waals surface area contributed by atoms with Crippen LogP contribution in [0.5, 0.6) is 11.5 Å². The first kappa shape index (κ1) is 21.9. The number of carbonyl (C=O) groups is 3. The van der Waals surface area contributed by atoms with Crippen molar-refractivity contribution in [3.8, 4) is 11.5 Å². The van der Waals surface area contributed by atoms with Gasteiger partial charge in [-0.2, -0.15) is 0 Å². The first-order valence-corrected chi connectivity index (χ1v) is 11.2. The van der Waals surface area contributed by atoms with Gasteiger partial charge in [0.1, 0.15) is 12.1 Å². The summed E-state index contributed by atoms with van der Waals surface area (Å²) in [6.07, 6.45) is 0.341. The third-order valence-electron chi connectivity index (χ3n) is 5.68. The summed E-state index contributed by atoms with van der Waals surface area (Å²) < 4.78 is 33.8. The molecule has 2 saturated heterocycles. The number of methoxy groups -OCH3 is 2. The van der Waals surface area contributed by atoms with Crippen molar-refractivity contribution in [2.75, 3.05) is 39.3 Å². The van der Waals surface area contributed by atoms with E-state index >= 15 is 0 Å². The maximum atomic E-state index is 13.1. The van der Waals surface area contributed by atoms with Crippen molar-refractivity contribution in [1.29, 1.82) is 0 Å². The number of nitrogens with one attached hydrogen (secondary N) is 1. The Kier molecular flexibility index (Phi) is 5.68. The Morgan fingerprint density at radius 3 is 2.50 bits per heavy atom. The molecule has 30 heavy (non-hydrogen) atoms. The highest BCUT2D eigenvalue weighted by atomic mass is 32.2. The number of likely N-dealkylation sites (N-methyl/N-ethyl adjacent to an activating group) is 1. The summed E-state index contributed by atoms with van der Waals surface area (Å²) in [6, 6.07) is 3.71. The summed E-state index contributed by atoms with van der Waals surface area (Å²) in [6.45, 7) is 1.08. The lowest BCUT2D eigenvalue weighted by atomic mass is 9.91. The molecule has 0 radical (unpaired) electrons. The normalized spacial score (nSPS) is 25.2. The molecule has 1 aromatic rings. The van der Waals surface area contributed by atoms with E-state index in [0.29, 0.717) is 23.5 Å². The molecule has 0 unspecified atom stereocenters. The van der Waals surface area contributed by atoms with Crippen LogP contribution in [0.2, 0.25) is 0 Å². The van der Waals surface area contributed by atoms with E-state index in [0.717, 1.165) is 4.90 Å². The van der Waals surface area contributed by atoms with Crippen molar-refractivity contribution in [2.24, 2.45) is 0 Å². The molecule has 1 aromatic carbocycles. The lowest BCUT2D eigenvalue weighted by Crippen LogP contribution is -2.46. The van der Waals surface area contributed by atoms with Gasteiger partial charge in [0.2, 0.25) is 5.91 Å². The Labute approximate surface area is 175 Å². The Morgan fingerprint density at radius 1 is 1.27 bits per heavy atom. The zero-order valence-electron chi connectivity index (χ0n) is 17.3. The van der Waals surface area contributed by atoms with Gasteiger partial charge in [0, 0.05) is 13.1 Å². The van der Waals surface area contributed by atoms with Gasteiger partial charge >= 0.3 is 6.03 Å². The number of benzene rings is 1. The lowest BCUT2D eigenvalue weighted by Gasteiger charge is -2.26. The van der Waals surface area contributed by atoms with Gasteiger partial charge in [-0.3, -0.25) is 14.5 Å². The summed E-state index contributed by atoms with van der Waals surface area (Å²) in [5, 5.41) is 2.64. The third kappa shape index (κ3) is 3.81. The maximum absolute atomic E-state index is 13.1. The fourth-order valence-corrected chi connectivity index (χ4v) is 5.49. The quantitative estimate of drug-likeness (QED) is 0.625. The van der Waals surface area contributed by atoms with E-state index in [2.05, 4.69) is 5.32 Å². The second kappa shape index (κ2) is 7.78. The Morgan fingerprint density at radius 2 is 1.93 bits per heavy atom. The second-order valence-corrected chi connectivity index (χ2v) is 9.81. The van der Waals surface area contributed by atoms with Crippen molar-refractivity contribution in [3.63, 3.8) is 0 Å². The fourth-order valence-electron chi connectivity index (χ4n) is 3.71. The second-order valence-electron chi connectivity index (χ2n) is 7.58. The van der Waals surface area contributed by atoms with Crippen LogP contribution in [-0.4, -0.2) is 81.4 Å². The van der Waals surface area contributed by atoms with Gasteiger partial charge in [-0.25, -0.2) is 13.2 Å². The van der Waals surface area contributed by atoms with Crippen LogP contribution in [0, 0.1) is 0 Å². The van der Waals surface area contributed by atoms with Crippen LogP contribution in [-0.2, 0) is 25.0 Å². The molecule has 2 aliphatic rings. The molecule has 1 N–H and O–H groups in total. The summed E-state index contributed by atoms with van der Waals surface area (Å²) in [4.78, 5) is 40.4. The molecule has 2 fully saturated rings. The summed E-state index contributed by atoms with van der Waals surface area (Å²) in [7, 11) is 1.27. The van der Waals surface area contributed by atoms with Crippen molar-refractivity contribution < 1.29 is 32.3 Å². The number of nitrogens with zero attached hydrogens (tertiary/aromatic N) is 2. The van der Waals surface area contributed by atoms with Crippen LogP contribution >= 0.6 is 0 Å². The van der Waals surface area contributed by atoms with Crippen molar-refractivity contribution in [1.82, 2.24) is 15.1 Å². The molecular weight excluding hydrogens is 414 g/mol. The van der Waals surface area contributed by atoms with E-state index in [1.807, 2.05) is 0 Å². The number of sulfone groups is 1. The van der Waals surface area contributed by atoms with Gasteiger partial charge in [-0.15, -0.1) is 0 Å². The standard InChI is InChI=1S/C19H25N3O7S/c1-19(12-5-6-14(28-3)15(9-12)29-4)17(24)22(18(25)20-19)10-16(23)21(2)13-7-8-30(26,27)11-13/h5-6,9,13H,7-8,10-11H2,1-4H3,(H,20,25)/t13-,19-/m0/s1. The number of hydrogen-bond acceptors (Lipinski definition) is 7. The number of amides is 4. The zero-order chi connectivity index (χ0) is 22.3. The van der Waals surface area contributed by atoms with Crippen LogP contribution < -0.4 is 14.8 Å². The smallest absolute Gasteiger partial charge is 0.325 e. The van der Waals surface area contributed by atoms with Gasteiger partial charge in [0.05, 0.1) is 25.7 Å². The number of urea groups is 1. The number of hydrogen-bond donors (Lipinski definition) is 1. The number of ether oxygens (including phenoxy) is 2. The Bertz CT molecular complexity index is 994. The van der Waals surface area contributed by atoms with Crippen LogP contribution in [0.15, 0.2) is 18.2 Å².